The summed E-state index contributed by atoms with van der Waals surface area (Å²) in [6, 6.07) is 11.1. The Hall–Kier alpha value is -3.63. The van der Waals surface area contributed by atoms with E-state index < -0.39 is 5.60 Å². The van der Waals surface area contributed by atoms with E-state index in [0.717, 1.165) is 22.8 Å². The molecule has 0 unspecified atom stereocenters. The Morgan fingerprint density at radius 3 is 2.71 bits per heavy atom. The van der Waals surface area contributed by atoms with Gasteiger partial charge in [-0.3, -0.25) is 9.48 Å². The molecule has 2 N–H and O–H groups in total. The highest BCUT2D eigenvalue weighted by Crippen LogP contribution is 2.36. The zero-order valence-corrected chi connectivity index (χ0v) is 21.1. The first-order valence-electron chi connectivity index (χ1n) is 11.6. The number of anilines is 2. The van der Waals surface area contributed by atoms with Crippen molar-refractivity contribution in [1.29, 1.82) is 0 Å². The Balaban J connectivity index is 0.00000141. The van der Waals surface area contributed by atoms with Gasteiger partial charge in [0.2, 0.25) is 5.95 Å². The number of carbonyl (C=O) groups is 1. The molecule has 1 amide bonds. The van der Waals surface area contributed by atoms with Crippen molar-refractivity contribution in [3.05, 3.63) is 59.7 Å². The average molecular weight is 492 g/mol. The third-order valence-electron chi connectivity index (χ3n) is 5.72. The molecule has 1 aromatic carbocycles. The summed E-state index contributed by atoms with van der Waals surface area (Å²) in [4.78, 5) is 27.6. The molecule has 182 valence electrons. The van der Waals surface area contributed by atoms with Crippen LogP contribution in [-0.4, -0.2) is 54.2 Å². The van der Waals surface area contributed by atoms with Gasteiger partial charge in [0, 0.05) is 56.0 Å². The van der Waals surface area contributed by atoms with Crippen molar-refractivity contribution in [3.63, 3.8) is 0 Å². The molecule has 35 heavy (non-hydrogen) atoms. The van der Waals surface area contributed by atoms with E-state index in [1.807, 2.05) is 61.3 Å². The predicted molar refractivity (Wildman–Crippen MR) is 137 cm³/mol. The number of nitrogens with zero attached hydrogens (tertiary/aromatic N) is 6. The van der Waals surface area contributed by atoms with Crippen LogP contribution in [0.3, 0.4) is 0 Å². The number of aromatic nitrogens is 5. The minimum absolute atomic E-state index is 0.274. The number of likely N-dealkylation sites (tertiary alicyclic amines) is 1. The fourth-order valence-electron chi connectivity index (χ4n) is 3.84. The van der Waals surface area contributed by atoms with Gasteiger partial charge in [0.05, 0.1) is 5.69 Å². The summed E-state index contributed by atoms with van der Waals surface area (Å²) in [5.41, 5.74) is 1.36. The van der Waals surface area contributed by atoms with Gasteiger partial charge < -0.3 is 15.3 Å². The lowest BCUT2D eigenvalue weighted by Gasteiger charge is -2.21. The Morgan fingerprint density at radius 2 is 2.00 bits per heavy atom. The first-order chi connectivity index (χ1) is 17.0. The van der Waals surface area contributed by atoms with Crippen molar-refractivity contribution in [2.75, 3.05) is 18.9 Å². The van der Waals surface area contributed by atoms with Gasteiger partial charge in [-0.15, -0.1) is 11.3 Å². The smallest absolute Gasteiger partial charge is 0.258 e. The van der Waals surface area contributed by atoms with Gasteiger partial charge in [-0.25, -0.2) is 15.0 Å². The number of hydrogen-bond donors (Lipinski definition) is 2. The second-order valence-corrected chi connectivity index (χ2v) is 8.76. The predicted octanol–water partition coefficient (Wildman–Crippen LogP) is 4.30. The number of thiazole rings is 1. The molecule has 0 radical (unpaired) electrons. The van der Waals surface area contributed by atoms with Crippen LogP contribution in [0.4, 0.5) is 11.8 Å². The Kier molecular flexibility index (Phi) is 7.23. The second-order valence-electron chi connectivity index (χ2n) is 7.90. The second kappa shape index (κ2) is 10.3. The van der Waals surface area contributed by atoms with Crippen molar-refractivity contribution in [2.45, 2.75) is 39.3 Å². The first-order valence-corrected chi connectivity index (χ1v) is 12.5. The third-order valence-corrected chi connectivity index (χ3v) is 6.61. The highest BCUT2D eigenvalue weighted by atomic mass is 32.1. The number of likely N-dealkylation sites (N-methyl/N-ethyl adjacent to an activating group) is 1. The molecule has 1 aliphatic heterocycles. The van der Waals surface area contributed by atoms with E-state index in [9.17, 15) is 9.90 Å². The molecule has 1 atom stereocenters. The number of nitrogens with one attached hydrogen (secondary N) is 1. The highest BCUT2D eigenvalue weighted by Gasteiger charge is 2.45. The standard InChI is InChI=1S/C23H23N7O2S.C2H6/c1-3-30-11-8-19(28-30)27-22-24-10-7-17(26-22)18-14-33-20(25-18)15-5-4-6-16(13-15)23(32)9-12-29(2)21(23)31;1-2/h4-8,10-11,13-14,32H,3,9,12H2,1-2H3,(H,24,26,27,28);1-2H3/t23-;/m1./s1. The molecule has 3 aromatic heterocycles. The Bertz CT molecular complexity index is 1320. The molecule has 0 aliphatic carbocycles. The highest BCUT2D eigenvalue weighted by molar-refractivity contribution is 7.13. The summed E-state index contributed by atoms with van der Waals surface area (Å²) in [5.74, 6) is 0.843. The van der Waals surface area contributed by atoms with Crippen molar-refractivity contribution in [1.82, 2.24) is 29.6 Å². The molecule has 9 nitrogen and oxygen atoms in total. The molecule has 1 aliphatic rings. The fourth-order valence-corrected chi connectivity index (χ4v) is 4.65. The van der Waals surface area contributed by atoms with Gasteiger partial charge in [-0.1, -0.05) is 32.0 Å². The maximum atomic E-state index is 12.5. The van der Waals surface area contributed by atoms with Crippen LogP contribution in [0.25, 0.3) is 22.0 Å². The van der Waals surface area contributed by atoms with Gasteiger partial charge in [-0.2, -0.15) is 5.10 Å². The van der Waals surface area contributed by atoms with Crippen molar-refractivity contribution in [3.8, 4) is 22.0 Å². The van der Waals surface area contributed by atoms with E-state index in [4.69, 9.17) is 4.98 Å². The van der Waals surface area contributed by atoms with Crippen LogP contribution < -0.4 is 5.32 Å². The average Bonchev–Trinajstić information content (AvgIpc) is 3.63. The normalized spacial score (nSPS) is 17.3. The van der Waals surface area contributed by atoms with E-state index in [0.29, 0.717) is 36.0 Å². The molecule has 1 fully saturated rings. The number of benzene rings is 1. The number of amides is 1. The van der Waals surface area contributed by atoms with E-state index in [1.54, 1.807) is 30.3 Å². The number of carbonyl (C=O) groups excluding carboxylic acids is 1. The molecule has 4 aromatic rings. The summed E-state index contributed by atoms with van der Waals surface area (Å²) in [7, 11) is 1.71. The largest absolute Gasteiger partial charge is 0.375 e. The topological polar surface area (TPSA) is 109 Å². The summed E-state index contributed by atoms with van der Waals surface area (Å²) in [6.07, 6.45) is 3.95. The first kappa shape index (κ1) is 24.5. The molecule has 0 saturated carbocycles. The monoisotopic (exact) mass is 491 g/mol. The minimum atomic E-state index is -1.48. The van der Waals surface area contributed by atoms with Crippen LogP contribution >= 0.6 is 11.3 Å². The molecular formula is C25H29N7O2S. The van der Waals surface area contributed by atoms with Gasteiger partial charge in [-0.05, 0) is 24.6 Å². The maximum absolute atomic E-state index is 12.5. The fraction of sp³-hybridized carbons (Fsp3) is 0.320. The van der Waals surface area contributed by atoms with Crippen molar-refractivity contribution < 1.29 is 9.90 Å². The van der Waals surface area contributed by atoms with Gasteiger partial charge in [0.1, 0.15) is 10.7 Å². The molecule has 10 heteroatoms. The van der Waals surface area contributed by atoms with Crippen LogP contribution in [0.15, 0.2) is 54.2 Å². The Labute approximate surface area is 208 Å². The van der Waals surface area contributed by atoms with Crippen LogP contribution in [0.5, 0.6) is 0 Å². The third kappa shape index (κ3) is 4.94. The van der Waals surface area contributed by atoms with Gasteiger partial charge in [0.15, 0.2) is 11.4 Å². The van der Waals surface area contributed by atoms with E-state index >= 15 is 0 Å². The summed E-state index contributed by atoms with van der Waals surface area (Å²) < 4.78 is 1.82. The number of hydrogen-bond acceptors (Lipinski definition) is 8. The van der Waals surface area contributed by atoms with Crippen LogP contribution in [0.2, 0.25) is 0 Å². The SMILES string of the molecule is CC.CCn1ccc(Nc2nccc(-c3csc(-c4cccc([C@]5(O)CCN(C)C5=O)c4)n3)n2)n1. The summed E-state index contributed by atoms with van der Waals surface area (Å²) >= 11 is 1.48. The zero-order chi connectivity index (χ0) is 25.0. The zero-order valence-electron chi connectivity index (χ0n) is 20.3. The maximum Gasteiger partial charge on any atom is 0.258 e. The van der Waals surface area contributed by atoms with E-state index in [-0.39, 0.29) is 5.91 Å². The molecule has 1 saturated heterocycles. The lowest BCUT2D eigenvalue weighted by molar-refractivity contribution is -0.143. The molecule has 0 spiro atoms. The van der Waals surface area contributed by atoms with Crippen LogP contribution in [0, 0.1) is 0 Å². The Morgan fingerprint density at radius 1 is 1.17 bits per heavy atom. The molecule has 4 heterocycles. The quantitative estimate of drug-likeness (QED) is 0.414. The molecular weight excluding hydrogens is 462 g/mol. The number of rotatable bonds is 6. The summed E-state index contributed by atoms with van der Waals surface area (Å²) in [6.45, 7) is 7.34. The van der Waals surface area contributed by atoms with Gasteiger partial charge in [0.25, 0.3) is 5.91 Å². The lowest BCUT2D eigenvalue weighted by Crippen LogP contribution is -2.36. The van der Waals surface area contributed by atoms with Gasteiger partial charge >= 0.3 is 0 Å². The van der Waals surface area contributed by atoms with Crippen LogP contribution in [0.1, 0.15) is 32.8 Å². The van der Waals surface area contributed by atoms with E-state index in [2.05, 4.69) is 20.4 Å². The number of aliphatic hydroxyl groups is 1. The lowest BCUT2D eigenvalue weighted by atomic mass is 9.91. The minimum Gasteiger partial charge on any atom is -0.375 e. The summed E-state index contributed by atoms with van der Waals surface area (Å²) in [5, 5.41) is 21.2. The molecule has 0 bridgehead atoms. The molecule has 5 rings (SSSR count). The van der Waals surface area contributed by atoms with E-state index in [1.165, 1.54) is 11.3 Å². The number of aryl methyl sites for hydroxylation is 1. The van der Waals surface area contributed by atoms with Crippen LogP contribution in [-0.2, 0) is 16.9 Å². The van der Waals surface area contributed by atoms with Crippen molar-refractivity contribution in [2.24, 2.45) is 0 Å². The van der Waals surface area contributed by atoms with Crippen molar-refractivity contribution >= 4 is 29.0 Å².